The van der Waals surface area contributed by atoms with Gasteiger partial charge in [0, 0.05) is 16.4 Å². The van der Waals surface area contributed by atoms with Crippen molar-refractivity contribution in [1.82, 2.24) is 5.32 Å². The van der Waals surface area contributed by atoms with Crippen LogP contribution in [0.2, 0.25) is 0 Å². The molecule has 1 unspecified atom stereocenters. The van der Waals surface area contributed by atoms with Crippen molar-refractivity contribution in [2.24, 2.45) is 0 Å². The number of carbonyl (C=O) groups excluding carboxylic acids is 1. The molecular weight excluding hydrogens is 410 g/mol. The zero-order valence-electron chi connectivity index (χ0n) is 15.2. The van der Waals surface area contributed by atoms with Gasteiger partial charge < -0.3 is 20.1 Å². The van der Waals surface area contributed by atoms with Crippen molar-refractivity contribution in [3.8, 4) is 17.6 Å². The molecule has 7 heteroatoms. The molecule has 1 amide bonds. The van der Waals surface area contributed by atoms with E-state index in [1.807, 2.05) is 43.3 Å². The zero-order chi connectivity index (χ0) is 19.8. The Morgan fingerprint density at radius 1 is 1.19 bits per heavy atom. The molecule has 1 atom stereocenters. The number of halogens is 1. The van der Waals surface area contributed by atoms with Crippen LogP contribution in [0, 0.1) is 11.3 Å². The molecule has 0 saturated carbocycles. The summed E-state index contributed by atoms with van der Waals surface area (Å²) in [6, 6.07) is 14.4. The molecule has 0 radical (unpaired) electrons. The Morgan fingerprint density at radius 3 is 2.56 bits per heavy atom. The third kappa shape index (κ3) is 5.50. The highest BCUT2D eigenvalue weighted by atomic mass is 79.9. The first kappa shape index (κ1) is 20.3. The van der Waals surface area contributed by atoms with Gasteiger partial charge in [-0.1, -0.05) is 28.1 Å². The third-order valence-electron chi connectivity index (χ3n) is 3.83. The molecule has 2 aromatic rings. The summed E-state index contributed by atoms with van der Waals surface area (Å²) in [6.07, 6.45) is 1.39. The summed E-state index contributed by atoms with van der Waals surface area (Å²) in [5, 5.41) is 15.1. The normalized spacial score (nSPS) is 11.9. The Balaban J connectivity index is 2.09. The van der Waals surface area contributed by atoms with Gasteiger partial charge in [-0.05, 0) is 42.8 Å². The van der Waals surface area contributed by atoms with Crippen molar-refractivity contribution in [1.29, 1.82) is 5.26 Å². The molecule has 0 spiro atoms. The van der Waals surface area contributed by atoms with Crippen molar-refractivity contribution in [2.75, 3.05) is 19.5 Å². The highest BCUT2D eigenvalue weighted by Gasteiger charge is 2.15. The number of nitrogens with zero attached hydrogens (tertiary/aromatic N) is 1. The van der Waals surface area contributed by atoms with E-state index in [-0.39, 0.29) is 11.6 Å². The maximum Gasteiger partial charge on any atom is 0.263 e. The molecule has 0 aliphatic rings. The molecule has 0 heterocycles. The lowest BCUT2D eigenvalue weighted by Crippen LogP contribution is -2.28. The van der Waals surface area contributed by atoms with Crippen molar-refractivity contribution < 1.29 is 14.3 Å². The summed E-state index contributed by atoms with van der Waals surface area (Å²) in [5.74, 6) is 0.710. The summed E-state index contributed by atoms with van der Waals surface area (Å²) in [4.78, 5) is 12.4. The summed E-state index contributed by atoms with van der Waals surface area (Å²) >= 11 is 3.37. The lowest BCUT2D eigenvalue weighted by molar-refractivity contribution is -0.117. The van der Waals surface area contributed by atoms with Crippen LogP contribution in [-0.2, 0) is 4.79 Å². The van der Waals surface area contributed by atoms with Gasteiger partial charge in [-0.15, -0.1) is 0 Å². The van der Waals surface area contributed by atoms with E-state index < -0.39 is 5.91 Å². The second-order valence-electron chi connectivity index (χ2n) is 5.63. The monoisotopic (exact) mass is 429 g/mol. The second kappa shape index (κ2) is 9.64. The smallest absolute Gasteiger partial charge is 0.263 e. The minimum Gasteiger partial charge on any atom is -0.493 e. The first-order valence-corrected chi connectivity index (χ1v) is 8.93. The van der Waals surface area contributed by atoms with Crippen molar-refractivity contribution in [2.45, 2.75) is 13.0 Å². The van der Waals surface area contributed by atoms with Gasteiger partial charge in [-0.25, -0.2) is 0 Å². The summed E-state index contributed by atoms with van der Waals surface area (Å²) in [7, 11) is 3.11. The van der Waals surface area contributed by atoms with Crippen LogP contribution in [0.3, 0.4) is 0 Å². The van der Waals surface area contributed by atoms with E-state index in [0.29, 0.717) is 11.5 Å². The molecule has 6 nitrogen and oxygen atoms in total. The topological polar surface area (TPSA) is 83.4 Å². The number of nitrogens with one attached hydrogen (secondary N) is 2. The number of nitriles is 1. The van der Waals surface area contributed by atoms with Crippen LogP contribution in [0.25, 0.3) is 0 Å². The van der Waals surface area contributed by atoms with E-state index in [0.717, 1.165) is 15.7 Å². The van der Waals surface area contributed by atoms with E-state index in [1.54, 1.807) is 26.4 Å². The van der Waals surface area contributed by atoms with E-state index in [4.69, 9.17) is 9.47 Å². The Morgan fingerprint density at radius 2 is 1.93 bits per heavy atom. The quantitative estimate of drug-likeness (QED) is 0.509. The largest absolute Gasteiger partial charge is 0.493 e. The zero-order valence-corrected chi connectivity index (χ0v) is 16.8. The number of benzene rings is 2. The average molecular weight is 430 g/mol. The van der Waals surface area contributed by atoms with Gasteiger partial charge in [0.2, 0.25) is 0 Å². The molecule has 2 N–H and O–H groups in total. The SMILES string of the molecule is COc1ccc(C(C)NC(=O)/C(C#N)=C\Nc2cccc(Br)c2)cc1OC. The number of hydrogen-bond donors (Lipinski definition) is 2. The van der Waals surface area contributed by atoms with Gasteiger partial charge in [0.05, 0.1) is 20.3 Å². The maximum atomic E-state index is 12.4. The van der Waals surface area contributed by atoms with Gasteiger partial charge in [-0.2, -0.15) is 5.26 Å². The van der Waals surface area contributed by atoms with E-state index >= 15 is 0 Å². The molecule has 0 aromatic heterocycles. The van der Waals surface area contributed by atoms with Crippen molar-refractivity contribution in [3.05, 3.63) is 64.3 Å². The van der Waals surface area contributed by atoms with Crippen LogP contribution in [0.15, 0.2) is 58.7 Å². The van der Waals surface area contributed by atoms with Gasteiger partial charge >= 0.3 is 0 Å². The number of ether oxygens (including phenoxy) is 2. The number of hydrogen-bond acceptors (Lipinski definition) is 5. The van der Waals surface area contributed by atoms with Crippen LogP contribution in [0.5, 0.6) is 11.5 Å². The van der Waals surface area contributed by atoms with Gasteiger partial charge in [-0.3, -0.25) is 4.79 Å². The molecule has 0 aliphatic heterocycles. The predicted octanol–water partition coefficient (Wildman–Crippen LogP) is 4.16. The number of carbonyl (C=O) groups is 1. The molecule has 0 saturated heterocycles. The molecule has 2 rings (SSSR count). The third-order valence-corrected chi connectivity index (χ3v) is 4.32. The standard InChI is InChI=1S/C20H20BrN3O3/c1-13(14-7-8-18(26-2)19(9-14)27-3)24-20(25)15(11-22)12-23-17-6-4-5-16(21)10-17/h4-10,12-13,23H,1-3H3,(H,24,25)/b15-12-. The molecule has 2 aromatic carbocycles. The van der Waals surface area contributed by atoms with Crippen molar-refractivity contribution >= 4 is 27.5 Å². The van der Waals surface area contributed by atoms with Gasteiger partial charge in [0.15, 0.2) is 11.5 Å². The van der Waals surface area contributed by atoms with Crippen LogP contribution in [0.4, 0.5) is 5.69 Å². The van der Waals surface area contributed by atoms with Gasteiger partial charge in [0.1, 0.15) is 11.6 Å². The summed E-state index contributed by atoms with van der Waals surface area (Å²) in [6.45, 7) is 1.83. The molecule has 140 valence electrons. The number of anilines is 1. The Hall–Kier alpha value is -2.98. The second-order valence-corrected chi connectivity index (χ2v) is 6.55. The fourth-order valence-electron chi connectivity index (χ4n) is 2.36. The minimum absolute atomic E-state index is 0.0256. The lowest BCUT2D eigenvalue weighted by atomic mass is 10.1. The molecule has 0 aliphatic carbocycles. The Kier molecular flexibility index (Phi) is 7.26. The fourth-order valence-corrected chi connectivity index (χ4v) is 2.76. The van der Waals surface area contributed by atoms with Gasteiger partial charge in [0.25, 0.3) is 5.91 Å². The fraction of sp³-hybridized carbons (Fsp3) is 0.200. The first-order chi connectivity index (χ1) is 13.0. The molecular formula is C20H20BrN3O3. The Bertz CT molecular complexity index is 890. The van der Waals surface area contributed by atoms with E-state index in [1.165, 1.54) is 6.20 Å². The van der Waals surface area contributed by atoms with Crippen LogP contribution >= 0.6 is 15.9 Å². The summed E-state index contributed by atoms with van der Waals surface area (Å²) < 4.78 is 11.4. The molecule has 0 fully saturated rings. The molecule has 0 bridgehead atoms. The van der Waals surface area contributed by atoms with E-state index in [2.05, 4.69) is 26.6 Å². The van der Waals surface area contributed by atoms with Crippen LogP contribution in [0.1, 0.15) is 18.5 Å². The number of amides is 1. The lowest BCUT2D eigenvalue weighted by Gasteiger charge is -2.16. The van der Waals surface area contributed by atoms with Crippen molar-refractivity contribution in [3.63, 3.8) is 0 Å². The molecule has 27 heavy (non-hydrogen) atoms. The Labute approximate surface area is 166 Å². The minimum atomic E-state index is -0.470. The van der Waals surface area contributed by atoms with Crippen LogP contribution < -0.4 is 20.1 Å². The predicted molar refractivity (Wildman–Crippen MR) is 108 cm³/mol. The number of methoxy groups -OCH3 is 2. The average Bonchev–Trinajstić information content (AvgIpc) is 2.67. The number of rotatable bonds is 7. The maximum absolute atomic E-state index is 12.4. The highest BCUT2D eigenvalue weighted by Crippen LogP contribution is 2.29. The van der Waals surface area contributed by atoms with E-state index in [9.17, 15) is 10.1 Å². The first-order valence-electron chi connectivity index (χ1n) is 8.13. The highest BCUT2D eigenvalue weighted by molar-refractivity contribution is 9.10. The van der Waals surface area contributed by atoms with Crippen LogP contribution in [-0.4, -0.2) is 20.1 Å². The summed E-state index contributed by atoms with van der Waals surface area (Å²) in [5.41, 5.74) is 1.57.